The number of hydrogen-bond donors (Lipinski definition) is 2. The molecule has 3 aliphatic rings. The van der Waals surface area contributed by atoms with E-state index >= 15 is 0 Å². The predicted octanol–water partition coefficient (Wildman–Crippen LogP) is 1.26. The van der Waals surface area contributed by atoms with Gasteiger partial charge in [0.1, 0.15) is 5.54 Å². The Labute approximate surface area is 127 Å². The van der Waals surface area contributed by atoms with Gasteiger partial charge in [0.2, 0.25) is 5.91 Å². The maximum Gasteiger partial charge on any atom is 0.322 e. The molecule has 1 atom stereocenters. The molecule has 114 valence electrons. The second-order valence-corrected chi connectivity index (χ2v) is 6.20. The number of hydrogen-bond acceptors (Lipinski definition) is 3. The van der Waals surface area contributed by atoms with E-state index in [4.69, 9.17) is 0 Å². The van der Waals surface area contributed by atoms with Crippen LogP contribution in [-0.4, -0.2) is 24.4 Å². The van der Waals surface area contributed by atoms with Crippen LogP contribution in [0, 0.1) is 5.92 Å². The van der Waals surface area contributed by atoms with Gasteiger partial charge in [0.25, 0.3) is 5.91 Å². The van der Waals surface area contributed by atoms with Gasteiger partial charge in [0, 0.05) is 30.1 Å². The number of carbonyl (C=O) groups excluding carboxylic acids is 3. The van der Waals surface area contributed by atoms with Gasteiger partial charge in [-0.15, -0.1) is 0 Å². The molecule has 6 nitrogen and oxygen atoms in total. The molecular weight excluding hydrogens is 282 g/mol. The van der Waals surface area contributed by atoms with E-state index in [1.54, 1.807) is 4.90 Å². The molecule has 0 radical (unpaired) electrons. The van der Waals surface area contributed by atoms with Gasteiger partial charge in [-0.05, 0) is 18.9 Å². The number of para-hydroxylation sites is 1. The van der Waals surface area contributed by atoms with E-state index in [2.05, 4.69) is 10.6 Å². The van der Waals surface area contributed by atoms with Crippen molar-refractivity contribution in [1.29, 1.82) is 0 Å². The molecule has 1 unspecified atom stereocenters. The standard InChI is InChI=1S/C16H17N3O3/c20-13(10-4-3-5-10)19-9-8-16(14(21)17-15(22)18-16)11-6-1-2-7-12(11)19/h1-2,6-7,10H,3-5,8-9H2,(H2,17,18,21,22). The van der Waals surface area contributed by atoms with Crippen molar-refractivity contribution in [1.82, 2.24) is 10.6 Å². The predicted molar refractivity (Wildman–Crippen MR) is 79.1 cm³/mol. The average molecular weight is 299 g/mol. The molecule has 2 heterocycles. The Morgan fingerprint density at radius 1 is 1.23 bits per heavy atom. The number of nitrogens with one attached hydrogen (secondary N) is 2. The summed E-state index contributed by atoms with van der Waals surface area (Å²) in [6.45, 7) is 0.444. The Morgan fingerprint density at radius 2 is 2.00 bits per heavy atom. The number of anilines is 1. The first-order valence-corrected chi connectivity index (χ1v) is 7.66. The van der Waals surface area contributed by atoms with Gasteiger partial charge in [-0.1, -0.05) is 24.6 Å². The Kier molecular flexibility index (Phi) is 2.76. The number of imide groups is 1. The SMILES string of the molecule is O=C1NC(=O)C2(CCN(C(=O)C3CCC3)c3ccccc32)N1. The zero-order valence-corrected chi connectivity index (χ0v) is 12.1. The molecule has 0 aromatic heterocycles. The Morgan fingerprint density at radius 3 is 2.64 bits per heavy atom. The van der Waals surface area contributed by atoms with E-state index in [0.29, 0.717) is 18.5 Å². The molecule has 2 aliphatic heterocycles. The maximum absolute atomic E-state index is 12.6. The van der Waals surface area contributed by atoms with Crippen LogP contribution in [-0.2, 0) is 15.1 Å². The lowest BCUT2D eigenvalue weighted by atomic mass is 9.79. The molecule has 4 amide bonds. The Balaban J connectivity index is 1.77. The van der Waals surface area contributed by atoms with Crippen molar-refractivity contribution in [2.45, 2.75) is 31.2 Å². The smallest absolute Gasteiger partial charge is 0.319 e. The third kappa shape index (κ3) is 1.70. The van der Waals surface area contributed by atoms with Gasteiger partial charge in [-0.2, -0.15) is 0 Å². The van der Waals surface area contributed by atoms with Gasteiger partial charge in [-0.3, -0.25) is 14.9 Å². The molecule has 2 N–H and O–H groups in total. The molecular formula is C16H17N3O3. The normalized spacial score (nSPS) is 27.2. The van der Waals surface area contributed by atoms with Crippen molar-refractivity contribution in [3.8, 4) is 0 Å². The van der Waals surface area contributed by atoms with Crippen LogP contribution < -0.4 is 15.5 Å². The lowest BCUT2D eigenvalue weighted by Gasteiger charge is -2.41. The number of amides is 4. The van der Waals surface area contributed by atoms with Crippen LogP contribution in [0.15, 0.2) is 24.3 Å². The molecule has 1 saturated carbocycles. The summed E-state index contributed by atoms with van der Waals surface area (Å²) in [6.07, 6.45) is 3.40. The van der Waals surface area contributed by atoms with Crippen molar-refractivity contribution < 1.29 is 14.4 Å². The summed E-state index contributed by atoms with van der Waals surface area (Å²) in [5, 5.41) is 5.07. The number of urea groups is 1. The minimum Gasteiger partial charge on any atom is -0.319 e. The van der Waals surface area contributed by atoms with Gasteiger partial charge in [0.15, 0.2) is 0 Å². The van der Waals surface area contributed by atoms with Crippen LogP contribution in [0.2, 0.25) is 0 Å². The van der Waals surface area contributed by atoms with Crippen molar-refractivity contribution in [3.05, 3.63) is 29.8 Å². The second-order valence-electron chi connectivity index (χ2n) is 6.20. The van der Waals surface area contributed by atoms with E-state index in [9.17, 15) is 14.4 Å². The van der Waals surface area contributed by atoms with Gasteiger partial charge < -0.3 is 10.2 Å². The van der Waals surface area contributed by atoms with Crippen LogP contribution in [0.25, 0.3) is 0 Å². The van der Waals surface area contributed by atoms with Crippen LogP contribution in [0.1, 0.15) is 31.2 Å². The lowest BCUT2D eigenvalue weighted by molar-refractivity contribution is -0.127. The highest BCUT2D eigenvalue weighted by Crippen LogP contribution is 2.41. The fourth-order valence-electron chi connectivity index (χ4n) is 3.57. The minimum absolute atomic E-state index is 0.106. The Bertz CT molecular complexity index is 683. The van der Waals surface area contributed by atoms with Gasteiger partial charge in [0.05, 0.1) is 0 Å². The molecule has 0 bridgehead atoms. The first kappa shape index (κ1) is 13.3. The number of rotatable bonds is 1. The monoisotopic (exact) mass is 299 g/mol. The molecule has 6 heteroatoms. The molecule has 1 spiro atoms. The highest BCUT2D eigenvalue weighted by Gasteiger charge is 2.52. The van der Waals surface area contributed by atoms with Crippen molar-refractivity contribution >= 4 is 23.5 Å². The fraction of sp³-hybridized carbons (Fsp3) is 0.438. The van der Waals surface area contributed by atoms with Crippen LogP contribution in [0.3, 0.4) is 0 Å². The first-order valence-electron chi connectivity index (χ1n) is 7.66. The highest BCUT2D eigenvalue weighted by atomic mass is 16.2. The summed E-state index contributed by atoms with van der Waals surface area (Å²) in [6, 6.07) is 6.88. The topological polar surface area (TPSA) is 78.5 Å². The number of benzene rings is 1. The summed E-state index contributed by atoms with van der Waals surface area (Å²) >= 11 is 0. The molecule has 1 aliphatic carbocycles. The first-order chi connectivity index (χ1) is 10.6. The molecule has 4 rings (SSSR count). The van der Waals surface area contributed by atoms with E-state index < -0.39 is 11.6 Å². The Hall–Kier alpha value is -2.37. The molecule has 1 aromatic carbocycles. The molecule has 2 fully saturated rings. The van der Waals surface area contributed by atoms with Crippen molar-refractivity contribution in [2.75, 3.05) is 11.4 Å². The van der Waals surface area contributed by atoms with E-state index in [1.807, 2.05) is 24.3 Å². The number of carbonyl (C=O) groups is 3. The summed E-state index contributed by atoms with van der Waals surface area (Å²) in [7, 11) is 0. The largest absolute Gasteiger partial charge is 0.322 e. The van der Waals surface area contributed by atoms with Gasteiger partial charge in [-0.25, -0.2) is 4.79 Å². The molecule has 22 heavy (non-hydrogen) atoms. The summed E-state index contributed by atoms with van der Waals surface area (Å²) < 4.78 is 0. The van der Waals surface area contributed by atoms with Crippen LogP contribution in [0.4, 0.5) is 10.5 Å². The second kappa shape index (κ2) is 4.56. The van der Waals surface area contributed by atoms with E-state index in [0.717, 1.165) is 24.9 Å². The maximum atomic E-state index is 12.6. The van der Waals surface area contributed by atoms with Crippen LogP contribution >= 0.6 is 0 Å². The average Bonchev–Trinajstić information content (AvgIpc) is 2.72. The van der Waals surface area contributed by atoms with E-state index in [-0.39, 0.29) is 17.7 Å². The highest BCUT2D eigenvalue weighted by molar-refractivity contribution is 6.09. The summed E-state index contributed by atoms with van der Waals surface area (Å²) in [5.74, 6) is -0.0897. The summed E-state index contributed by atoms with van der Waals surface area (Å²) in [4.78, 5) is 38.3. The summed E-state index contributed by atoms with van der Waals surface area (Å²) in [5.41, 5.74) is 0.407. The lowest BCUT2D eigenvalue weighted by Crippen LogP contribution is -2.53. The van der Waals surface area contributed by atoms with Crippen molar-refractivity contribution in [3.63, 3.8) is 0 Å². The zero-order valence-electron chi connectivity index (χ0n) is 12.1. The van der Waals surface area contributed by atoms with E-state index in [1.165, 1.54) is 0 Å². The minimum atomic E-state index is -1.04. The third-order valence-electron chi connectivity index (χ3n) is 5.03. The molecule has 1 aromatic rings. The quantitative estimate of drug-likeness (QED) is 0.766. The number of nitrogens with zero attached hydrogens (tertiary/aromatic N) is 1. The zero-order chi connectivity index (χ0) is 15.3. The number of fused-ring (bicyclic) bond motifs is 2. The third-order valence-corrected chi connectivity index (χ3v) is 5.03. The fourth-order valence-corrected chi connectivity index (χ4v) is 3.57. The van der Waals surface area contributed by atoms with Crippen LogP contribution in [0.5, 0.6) is 0 Å². The molecule has 1 saturated heterocycles. The van der Waals surface area contributed by atoms with Crippen molar-refractivity contribution in [2.24, 2.45) is 5.92 Å². The van der Waals surface area contributed by atoms with Gasteiger partial charge >= 0.3 is 6.03 Å².